The Bertz CT molecular complexity index is 1090. The predicted molar refractivity (Wildman–Crippen MR) is 104 cm³/mol. The first kappa shape index (κ1) is 20.6. The third-order valence-electron chi connectivity index (χ3n) is 4.63. The van der Waals surface area contributed by atoms with Crippen LogP contribution in [0.1, 0.15) is 31.8 Å². The minimum atomic E-state index is -0.461. The van der Waals surface area contributed by atoms with Gasteiger partial charge < -0.3 is 19.5 Å². The SMILES string of the molecule is COC(=O)c1ccc(/C=C2/Oc3c(ccc(O)c3C[NH+](CC#N)CC#N)C2=O)cc1. The molecule has 0 aliphatic carbocycles. The van der Waals surface area contributed by atoms with E-state index in [1.165, 1.54) is 19.2 Å². The molecule has 2 aromatic carbocycles. The molecule has 0 aromatic heterocycles. The number of hydrogen-bond donors (Lipinski definition) is 2. The summed E-state index contributed by atoms with van der Waals surface area (Å²) in [7, 11) is 1.30. The molecule has 0 bridgehead atoms. The standard InChI is InChI=1S/C22H17N3O5/c1-29-22(28)15-4-2-14(3-5-15)12-19-20(27)16-6-7-18(26)17(21(16)30-19)13-25(10-8-23)11-9-24/h2-7,12,26H,10-11,13H2,1H3/p+1/b19-12+. The second kappa shape index (κ2) is 8.91. The quantitative estimate of drug-likeness (QED) is 0.421. The van der Waals surface area contributed by atoms with Gasteiger partial charge in [0.05, 0.1) is 23.8 Å². The first-order chi connectivity index (χ1) is 14.5. The Balaban J connectivity index is 1.91. The molecule has 1 aliphatic rings. The van der Waals surface area contributed by atoms with Crippen molar-refractivity contribution >= 4 is 17.8 Å². The molecule has 0 saturated heterocycles. The number of quaternary nitrogens is 1. The lowest BCUT2D eigenvalue weighted by Crippen LogP contribution is -3.10. The summed E-state index contributed by atoms with van der Waals surface area (Å²) in [5.41, 5.74) is 1.69. The lowest BCUT2D eigenvalue weighted by Gasteiger charge is -2.15. The fourth-order valence-corrected chi connectivity index (χ4v) is 3.11. The molecule has 0 atom stereocenters. The number of nitriles is 2. The summed E-state index contributed by atoms with van der Waals surface area (Å²) in [6.45, 7) is 0.296. The topological polar surface area (TPSA) is 125 Å². The molecule has 2 aromatic rings. The van der Waals surface area contributed by atoms with Crippen LogP contribution in [0.15, 0.2) is 42.2 Å². The Kier molecular flexibility index (Phi) is 6.11. The van der Waals surface area contributed by atoms with Crippen LogP contribution in [0, 0.1) is 22.7 Å². The van der Waals surface area contributed by atoms with E-state index >= 15 is 0 Å². The molecule has 1 heterocycles. The lowest BCUT2D eigenvalue weighted by molar-refractivity contribution is -0.899. The number of phenolic OH excluding ortho intramolecular Hbond substituents is 1. The minimum Gasteiger partial charge on any atom is -0.507 e. The number of ketones is 1. The Morgan fingerprint density at radius 2 is 1.83 bits per heavy atom. The monoisotopic (exact) mass is 404 g/mol. The molecule has 0 unspecified atom stereocenters. The maximum Gasteiger partial charge on any atom is 0.337 e. The molecule has 0 fully saturated rings. The molecule has 3 rings (SSSR count). The molecular weight excluding hydrogens is 386 g/mol. The van der Waals surface area contributed by atoms with E-state index in [0.717, 1.165) is 0 Å². The van der Waals surface area contributed by atoms with E-state index in [4.69, 9.17) is 15.3 Å². The maximum atomic E-state index is 12.8. The highest BCUT2D eigenvalue weighted by Crippen LogP contribution is 2.39. The van der Waals surface area contributed by atoms with E-state index in [-0.39, 0.29) is 42.7 Å². The number of carbonyl (C=O) groups is 2. The highest BCUT2D eigenvalue weighted by Gasteiger charge is 2.32. The van der Waals surface area contributed by atoms with Crippen LogP contribution in [0.3, 0.4) is 0 Å². The Morgan fingerprint density at radius 3 is 2.43 bits per heavy atom. The van der Waals surface area contributed by atoms with E-state index in [1.807, 2.05) is 12.1 Å². The molecule has 8 heteroatoms. The van der Waals surface area contributed by atoms with Crippen LogP contribution in [0.2, 0.25) is 0 Å². The van der Waals surface area contributed by atoms with Gasteiger partial charge in [0.15, 0.2) is 24.6 Å². The zero-order valence-corrected chi connectivity index (χ0v) is 16.1. The number of phenols is 1. The van der Waals surface area contributed by atoms with Crippen LogP contribution in [-0.2, 0) is 11.3 Å². The van der Waals surface area contributed by atoms with Crippen molar-refractivity contribution in [3.8, 4) is 23.6 Å². The third-order valence-corrected chi connectivity index (χ3v) is 4.63. The third kappa shape index (κ3) is 4.14. The molecule has 2 N–H and O–H groups in total. The van der Waals surface area contributed by atoms with Gasteiger partial charge in [0.2, 0.25) is 5.78 Å². The van der Waals surface area contributed by atoms with Crippen molar-refractivity contribution in [3.05, 3.63) is 64.4 Å². The number of nitrogens with zero attached hydrogens (tertiary/aromatic N) is 2. The van der Waals surface area contributed by atoms with Gasteiger partial charge in [-0.05, 0) is 35.9 Å². The summed E-state index contributed by atoms with van der Waals surface area (Å²) in [6.07, 6.45) is 1.54. The first-order valence-corrected chi connectivity index (χ1v) is 9.03. The van der Waals surface area contributed by atoms with Gasteiger partial charge in [0.25, 0.3) is 0 Å². The van der Waals surface area contributed by atoms with Crippen LogP contribution < -0.4 is 9.64 Å². The number of fused-ring (bicyclic) bond motifs is 1. The van der Waals surface area contributed by atoms with E-state index in [2.05, 4.69) is 4.74 Å². The van der Waals surface area contributed by atoms with Gasteiger partial charge in [-0.25, -0.2) is 4.79 Å². The average Bonchev–Trinajstić information content (AvgIpc) is 3.06. The smallest absolute Gasteiger partial charge is 0.337 e. The molecule has 8 nitrogen and oxygen atoms in total. The minimum absolute atomic E-state index is 0.0693. The highest BCUT2D eigenvalue weighted by atomic mass is 16.5. The van der Waals surface area contributed by atoms with Crippen LogP contribution in [0.4, 0.5) is 0 Å². The van der Waals surface area contributed by atoms with E-state index in [9.17, 15) is 14.7 Å². The van der Waals surface area contributed by atoms with Crippen LogP contribution in [0.25, 0.3) is 6.08 Å². The van der Waals surface area contributed by atoms with E-state index in [0.29, 0.717) is 27.2 Å². The van der Waals surface area contributed by atoms with Gasteiger partial charge >= 0.3 is 5.97 Å². The maximum absolute atomic E-state index is 12.8. The van der Waals surface area contributed by atoms with Crippen LogP contribution in [-0.4, -0.2) is 37.1 Å². The summed E-state index contributed by atoms with van der Waals surface area (Å²) in [4.78, 5) is 24.9. The number of aromatic hydroxyl groups is 1. The second-order valence-electron chi connectivity index (χ2n) is 6.59. The van der Waals surface area contributed by atoms with Crippen molar-refractivity contribution in [3.63, 3.8) is 0 Å². The number of ether oxygens (including phenoxy) is 2. The number of allylic oxidation sites excluding steroid dienone is 1. The number of esters is 1. The van der Waals surface area contributed by atoms with Gasteiger partial charge in [-0.3, -0.25) is 4.79 Å². The molecule has 0 radical (unpaired) electrons. The summed E-state index contributed by atoms with van der Waals surface area (Å²) in [5, 5.41) is 28.2. The van der Waals surface area contributed by atoms with E-state index in [1.54, 1.807) is 30.3 Å². The number of carbonyl (C=O) groups excluding carboxylic acids is 2. The number of hydrogen-bond acceptors (Lipinski definition) is 7. The van der Waals surface area contributed by atoms with Crippen molar-refractivity contribution in [2.75, 3.05) is 20.2 Å². The number of methoxy groups -OCH3 is 1. The molecular formula is C22H18N3O5+. The molecule has 0 saturated carbocycles. The average molecular weight is 404 g/mol. The normalized spacial score (nSPS) is 13.5. The zero-order chi connectivity index (χ0) is 21.7. The lowest BCUT2D eigenvalue weighted by atomic mass is 10.0. The Labute approximate surface area is 172 Å². The van der Waals surface area contributed by atoms with Crippen molar-refractivity contribution < 1.29 is 29.1 Å². The fraction of sp³-hybridized carbons (Fsp3) is 0.182. The van der Waals surface area contributed by atoms with E-state index < -0.39 is 5.97 Å². The number of rotatable bonds is 6. The molecule has 1 aliphatic heterocycles. The van der Waals surface area contributed by atoms with Gasteiger partial charge in [-0.1, -0.05) is 12.1 Å². The Hall–Kier alpha value is -4.14. The van der Waals surface area contributed by atoms with Crippen LogP contribution in [0.5, 0.6) is 11.5 Å². The van der Waals surface area contributed by atoms with Crippen molar-refractivity contribution in [2.45, 2.75) is 6.54 Å². The van der Waals surface area contributed by atoms with Crippen LogP contribution >= 0.6 is 0 Å². The molecule has 0 spiro atoms. The highest BCUT2D eigenvalue weighted by molar-refractivity contribution is 6.15. The summed E-state index contributed by atoms with van der Waals surface area (Å²) < 4.78 is 10.4. The zero-order valence-electron chi connectivity index (χ0n) is 16.1. The first-order valence-electron chi connectivity index (χ1n) is 9.03. The van der Waals surface area contributed by atoms with Crippen molar-refractivity contribution in [1.82, 2.24) is 0 Å². The van der Waals surface area contributed by atoms with Crippen molar-refractivity contribution in [1.29, 1.82) is 10.5 Å². The molecule has 150 valence electrons. The second-order valence-corrected chi connectivity index (χ2v) is 6.59. The fourth-order valence-electron chi connectivity index (χ4n) is 3.11. The Morgan fingerprint density at radius 1 is 1.17 bits per heavy atom. The summed E-state index contributed by atoms with van der Waals surface area (Å²) >= 11 is 0. The molecule has 0 amide bonds. The van der Waals surface area contributed by atoms with Gasteiger partial charge in [-0.2, -0.15) is 10.5 Å². The summed E-state index contributed by atoms with van der Waals surface area (Å²) in [5.74, 6) is -0.573. The number of Topliss-reactive ketones (excluding diaryl/α,β-unsaturated/α-hetero) is 1. The number of benzene rings is 2. The number of nitrogens with one attached hydrogen (secondary N) is 1. The van der Waals surface area contributed by atoms with Crippen molar-refractivity contribution in [2.24, 2.45) is 0 Å². The van der Waals surface area contributed by atoms with Gasteiger partial charge in [0.1, 0.15) is 24.4 Å². The summed E-state index contributed by atoms with van der Waals surface area (Å²) in [6, 6.07) is 13.4. The van der Waals surface area contributed by atoms with Gasteiger partial charge in [-0.15, -0.1) is 0 Å². The van der Waals surface area contributed by atoms with Gasteiger partial charge in [0, 0.05) is 0 Å². The largest absolute Gasteiger partial charge is 0.507 e. The molecule has 30 heavy (non-hydrogen) atoms. The predicted octanol–water partition coefficient (Wildman–Crippen LogP) is 1.23.